The number of guanidine groups is 1. The van der Waals surface area contributed by atoms with Gasteiger partial charge in [0, 0.05) is 24.9 Å². The van der Waals surface area contributed by atoms with E-state index in [-0.39, 0.29) is 24.0 Å². The highest BCUT2D eigenvalue weighted by molar-refractivity contribution is 14.0. The summed E-state index contributed by atoms with van der Waals surface area (Å²) < 4.78 is 0. The molecule has 1 heterocycles. The van der Waals surface area contributed by atoms with Gasteiger partial charge in [-0.25, -0.2) is 0 Å². The van der Waals surface area contributed by atoms with Crippen molar-refractivity contribution in [2.75, 3.05) is 13.3 Å². The number of hydrogen-bond acceptors (Lipinski definition) is 3. The summed E-state index contributed by atoms with van der Waals surface area (Å²) in [5.74, 6) is 0.924. The first-order valence-electron chi connectivity index (χ1n) is 6.33. The van der Waals surface area contributed by atoms with Gasteiger partial charge in [-0.15, -0.1) is 24.0 Å². The summed E-state index contributed by atoms with van der Waals surface area (Å²) in [5.41, 5.74) is 1.32. The molecule has 0 bridgehead atoms. The molecule has 0 amide bonds. The molecule has 3 nitrogen and oxygen atoms in total. The highest BCUT2D eigenvalue weighted by Crippen LogP contribution is 2.27. The quantitative estimate of drug-likeness (QED) is 0.454. The average molecular weight is 411 g/mol. The third-order valence-corrected chi connectivity index (χ3v) is 5.15. The van der Waals surface area contributed by atoms with Crippen molar-refractivity contribution in [1.29, 1.82) is 0 Å². The minimum absolute atomic E-state index is 0. The van der Waals surface area contributed by atoms with E-state index in [1.807, 2.05) is 18.8 Å². The van der Waals surface area contributed by atoms with Crippen LogP contribution in [0.2, 0.25) is 0 Å². The van der Waals surface area contributed by atoms with E-state index in [9.17, 15) is 0 Å². The van der Waals surface area contributed by atoms with E-state index >= 15 is 0 Å². The van der Waals surface area contributed by atoms with Gasteiger partial charge in [0.2, 0.25) is 0 Å². The summed E-state index contributed by atoms with van der Waals surface area (Å²) in [6.45, 7) is 0.849. The van der Waals surface area contributed by atoms with Gasteiger partial charge < -0.3 is 10.6 Å². The molecule has 1 fully saturated rings. The lowest BCUT2D eigenvalue weighted by Gasteiger charge is -2.17. The van der Waals surface area contributed by atoms with E-state index in [1.165, 1.54) is 24.8 Å². The van der Waals surface area contributed by atoms with Gasteiger partial charge in [-0.1, -0.05) is 0 Å². The summed E-state index contributed by atoms with van der Waals surface area (Å²) in [6.07, 6.45) is 6.03. The number of thiophene rings is 1. The average Bonchev–Trinajstić information content (AvgIpc) is 3.05. The molecule has 2 rings (SSSR count). The Hall–Kier alpha value is 0.0500. The summed E-state index contributed by atoms with van der Waals surface area (Å²) in [4.78, 5) is 4.29. The molecule has 2 unspecified atom stereocenters. The molecule has 1 aromatic heterocycles. The lowest BCUT2D eigenvalue weighted by Crippen LogP contribution is -2.42. The number of thioether (sulfide) groups is 1. The van der Waals surface area contributed by atoms with E-state index in [0.717, 1.165) is 17.8 Å². The first kappa shape index (κ1) is 17.1. The maximum Gasteiger partial charge on any atom is 0.191 e. The van der Waals surface area contributed by atoms with Crippen molar-refractivity contribution >= 4 is 53.0 Å². The highest BCUT2D eigenvalue weighted by atomic mass is 127. The highest BCUT2D eigenvalue weighted by Gasteiger charge is 2.24. The summed E-state index contributed by atoms with van der Waals surface area (Å²) in [7, 11) is 1.84. The molecule has 0 aromatic carbocycles. The largest absolute Gasteiger partial charge is 0.354 e. The van der Waals surface area contributed by atoms with Gasteiger partial charge >= 0.3 is 0 Å². The van der Waals surface area contributed by atoms with Crippen molar-refractivity contribution in [3.8, 4) is 0 Å². The van der Waals surface area contributed by atoms with Crippen LogP contribution >= 0.6 is 47.1 Å². The second-order valence-corrected chi connectivity index (χ2v) is 6.49. The van der Waals surface area contributed by atoms with Gasteiger partial charge in [-0.2, -0.15) is 23.1 Å². The van der Waals surface area contributed by atoms with Crippen LogP contribution in [0.1, 0.15) is 24.8 Å². The van der Waals surface area contributed by atoms with E-state index in [0.29, 0.717) is 6.04 Å². The molecule has 1 aliphatic carbocycles. The standard InChI is InChI=1S/C13H21N3S2.HI/c1-14-13(15-8-10-5-6-18-9-10)16-11-3-4-12(7-11)17-2;/h5-6,9,11-12H,3-4,7-8H2,1-2H3,(H2,14,15,16);1H. The van der Waals surface area contributed by atoms with Crippen LogP contribution in [0.4, 0.5) is 0 Å². The third-order valence-electron chi connectivity index (χ3n) is 3.32. The van der Waals surface area contributed by atoms with Crippen molar-refractivity contribution in [2.24, 2.45) is 4.99 Å². The van der Waals surface area contributed by atoms with Gasteiger partial charge in [0.05, 0.1) is 0 Å². The summed E-state index contributed by atoms with van der Waals surface area (Å²) in [5, 5.41) is 12.0. The van der Waals surface area contributed by atoms with E-state index < -0.39 is 0 Å². The zero-order valence-corrected chi connectivity index (χ0v) is 15.4. The van der Waals surface area contributed by atoms with Crippen LogP contribution < -0.4 is 10.6 Å². The van der Waals surface area contributed by atoms with E-state index in [4.69, 9.17) is 0 Å². The molecule has 2 atom stereocenters. The van der Waals surface area contributed by atoms with Gasteiger partial charge in [-0.05, 0) is 47.9 Å². The Kier molecular flexibility index (Phi) is 8.17. The van der Waals surface area contributed by atoms with Crippen LogP contribution in [0.25, 0.3) is 0 Å². The molecule has 108 valence electrons. The molecule has 0 aliphatic heterocycles. The van der Waals surface area contributed by atoms with Gasteiger partial charge in [0.15, 0.2) is 5.96 Å². The maximum atomic E-state index is 4.29. The van der Waals surface area contributed by atoms with E-state index in [2.05, 4.69) is 38.7 Å². The van der Waals surface area contributed by atoms with Crippen LogP contribution in [0.5, 0.6) is 0 Å². The predicted molar refractivity (Wildman–Crippen MR) is 98.0 cm³/mol. The number of aliphatic imine (C=N–C) groups is 1. The maximum absolute atomic E-state index is 4.29. The van der Waals surface area contributed by atoms with Crippen molar-refractivity contribution in [1.82, 2.24) is 10.6 Å². The van der Waals surface area contributed by atoms with Crippen molar-refractivity contribution in [2.45, 2.75) is 37.1 Å². The molecule has 1 aromatic rings. The zero-order chi connectivity index (χ0) is 12.8. The predicted octanol–water partition coefficient (Wildman–Crippen LogP) is 3.32. The third kappa shape index (κ3) is 5.51. The van der Waals surface area contributed by atoms with Crippen LogP contribution in [0.15, 0.2) is 21.8 Å². The van der Waals surface area contributed by atoms with Crippen molar-refractivity contribution in [3.63, 3.8) is 0 Å². The smallest absolute Gasteiger partial charge is 0.191 e. The lowest BCUT2D eigenvalue weighted by atomic mass is 10.2. The van der Waals surface area contributed by atoms with Gasteiger partial charge in [-0.3, -0.25) is 4.99 Å². The van der Waals surface area contributed by atoms with Crippen LogP contribution in [0, 0.1) is 0 Å². The summed E-state index contributed by atoms with van der Waals surface area (Å²) >= 11 is 3.72. The van der Waals surface area contributed by atoms with Crippen LogP contribution in [-0.2, 0) is 6.54 Å². The Labute approximate surface area is 141 Å². The Morgan fingerprint density at radius 3 is 2.95 bits per heavy atom. The van der Waals surface area contributed by atoms with Gasteiger partial charge in [0.1, 0.15) is 0 Å². The molecule has 2 N–H and O–H groups in total. The second-order valence-electron chi connectivity index (χ2n) is 4.57. The number of nitrogens with zero attached hydrogens (tertiary/aromatic N) is 1. The Morgan fingerprint density at radius 1 is 1.53 bits per heavy atom. The van der Waals surface area contributed by atoms with Crippen LogP contribution in [0.3, 0.4) is 0 Å². The molecule has 6 heteroatoms. The first-order chi connectivity index (χ1) is 8.81. The van der Waals surface area contributed by atoms with Crippen molar-refractivity contribution in [3.05, 3.63) is 22.4 Å². The lowest BCUT2D eigenvalue weighted by molar-refractivity contribution is 0.615. The molecule has 0 radical (unpaired) electrons. The molecule has 1 aliphatic rings. The molecular weight excluding hydrogens is 389 g/mol. The minimum atomic E-state index is 0. The monoisotopic (exact) mass is 411 g/mol. The van der Waals surface area contributed by atoms with Gasteiger partial charge in [0.25, 0.3) is 0 Å². The fourth-order valence-electron chi connectivity index (χ4n) is 2.25. The number of hydrogen-bond donors (Lipinski definition) is 2. The zero-order valence-electron chi connectivity index (χ0n) is 11.4. The van der Waals surface area contributed by atoms with Crippen LogP contribution in [-0.4, -0.2) is 30.6 Å². The van der Waals surface area contributed by atoms with Crippen molar-refractivity contribution < 1.29 is 0 Å². The molecular formula is C13H22IN3S2. The Bertz CT molecular complexity index is 381. The second kappa shape index (κ2) is 9.07. The Morgan fingerprint density at radius 2 is 2.37 bits per heavy atom. The number of halogens is 1. The number of rotatable bonds is 4. The summed E-state index contributed by atoms with van der Waals surface area (Å²) in [6, 6.07) is 2.72. The first-order valence-corrected chi connectivity index (χ1v) is 8.56. The fraction of sp³-hybridized carbons (Fsp3) is 0.615. The fourth-order valence-corrected chi connectivity index (χ4v) is 3.72. The molecule has 19 heavy (non-hydrogen) atoms. The topological polar surface area (TPSA) is 36.4 Å². The SMILES string of the molecule is CN=C(NCc1ccsc1)NC1CCC(SC)C1.I. The van der Waals surface area contributed by atoms with E-state index in [1.54, 1.807) is 11.3 Å². The Balaban J connectivity index is 0.00000180. The molecule has 1 saturated carbocycles. The molecule has 0 spiro atoms. The normalized spacial score (nSPS) is 22.9. The number of nitrogens with one attached hydrogen (secondary N) is 2. The minimum Gasteiger partial charge on any atom is -0.354 e. The molecule has 0 saturated heterocycles.